The van der Waals surface area contributed by atoms with Crippen molar-refractivity contribution in [3.8, 4) is 0 Å². The zero-order valence-electron chi connectivity index (χ0n) is 9.74. The van der Waals surface area contributed by atoms with E-state index in [4.69, 9.17) is 0 Å². The van der Waals surface area contributed by atoms with Crippen molar-refractivity contribution in [3.05, 3.63) is 0 Å². The predicted molar refractivity (Wildman–Crippen MR) is 58.9 cm³/mol. The van der Waals surface area contributed by atoms with Gasteiger partial charge < -0.3 is 5.32 Å². The molecule has 0 spiro atoms. The van der Waals surface area contributed by atoms with Gasteiger partial charge in [-0.25, -0.2) is 0 Å². The molecule has 78 valence electrons. The van der Waals surface area contributed by atoms with Crippen LogP contribution in [0.15, 0.2) is 0 Å². The molecule has 1 rings (SSSR count). The number of hydrogen-bond donors (Lipinski definition) is 1. The van der Waals surface area contributed by atoms with Gasteiger partial charge in [0, 0.05) is 6.54 Å². The monoisotopic (exact) mass is 183 g/mol. The lowest BCUT2D eigenvalue weighted by atomic mass is 9.81. The quantitative estimate of drug-likeness (QED) is 0.608. The van der Waals surface area contributed by atoms with E-state index in [2.05, 4.69) is 33.0 Å². The summed E-state index contributed by atoms with van der Waals surface area (Å²) in [5.41, 5.74) is 1.05. The summed E-state index contributed by atoms with van der Waals surface area (Å²) in [6, 6.07) is 0. The maximum atomic E-state index is 3.57. The van der Waals surface area contributed by atoms with E-state index in [0.29, 0.717) is 10.8 Å². The highest BCUT2D eigenvalue weighted by molar-refractivity contribution is 4.78. The first kappa shape index (κ1) is 11.0. The van der Waals surface area contributed by atoms with Crippen molar-refractivity contribution in [3.63, 3.8) is 0 Å². The molecule has 1 heteroatoms. The predicted octanol–water partition coefficient (Wildman–Crippen LogP) is 3.20. The maximum absolute atomic E-state index is 3.57. The Morgan fingerprint density at radius 1 is 0.846 bits per heavy atom. The summed E-state index contributed by atoms with van der Waals surface area (Å²) in [5, 5.41) is 3.57. The summed E-state index contributed by atoms with van der Waals surface area (Å²) in [6.07, 6.45) is 5.46. The first-order valence-corrected chi connectivity index (χ1v) is 5.62. The van der Waals surface area contributed by atoms with E-state index in [0.717, 1.165) is 0 Å². The molecule has 1 saturated heterocycles. The van der Waals surface area contributed by atoms with E-state index in [-0.39, 0.29) is 0 Å². The fourth-order valence-electron chi connectivity index (χ4n) is 2.11. The molecule has 0 amide bonds. The number of nitrogens with one attached hydrogen (secondary N) is 1. The Balaban J connectivity index is 2.48. The molecule has 13 heavy (non-hydrogen) atoms. The van der Waals surface area contributed by atoms with Crippen LogP contribution < -0.4 is 5.32 Å². The molecular formula is C12H25N. The van der Waals surface area contributed by atoms with Gasteiger partial charge in [-0.2, -0.15) is 0 Å². The van der Waals surface area contributed by atoms with Gasteiger partial charge >= 0.3 is 0 Å². The second kappa shape index (κ2) is 4.00. The first-order valence-electron chi connectivity index (χ1n) is 5.62. The Morgan fingerprint density at radius 2 is 1.46 bits per heavy atom. The van der Waals surface area contributed by atoms with Crippen LogP contribution in [-0.2, 0) is 0 Å². The normalized spacial score (nSPS) is 28.6. The largest absolute Gasteiger partial charge is 0.316 e. The molecule has 0 aromatic heterocycles. The SMILES string of the molecule is CC1(C)CCCC(C)(C)CNCC1. The van der Waals surface area contributed by atoms with E-state index in [1.165, 1.54) is 38.8 Å². The fourth-order valence-corrected chi connectivity index (χ4v) is 2.11. The van der Waals surface area contributed by atoms with E-state index in [1.54, 1.807) is 0 Å². The highest BCUT2D eigenvalue weighted by Gasteiger charge is 2.23. The Kier molecular flexibility index (Phi) is 3.39. The second-order valence-corrected chi connectivity index (χ2v) is 6.11. The van der Waals surface area contributed by atoms with Gasteiger partial charge in [0.25, 0.3) is 0 Å². The topological polar surface area (TPSA) is 12.0 Å². The molecule has 0 saturated carbocycles. The second-order valence-electron chi connectivity index (χ2n) is 6.11. The minimum absolute atomic E-state index is 0.500. The lowest BCUT2D eigenvalue weighted by Gasteiger charge is -2.24. The number of hydrogen-bond acceptors (Lipinski definition) is 1. The van der Waals surface area contributed by atoms with Crippen LogP contribution in [0.25, 0.3) is 0 Å². The summed E-state index contributed by atoms with van der Waals surface area (Å²) in [4.78, 5) is 0. The van der Waals surface area contributed by atoms with E-state index in [1.807, 2.05) is 0 Å². The maximum Gasteiger partial charge on any atom is 0.000252 e. The smallest absolute Gasteiger partial charge is 0.000252 e. The third kappa shape index (κ3) is 4.12. The Hall–Kier alpha value is -0.0400. The molecule has 0 unspecified atom stereocenters. The van der Waals surface area contributed by atoms with Crippen LogP contribution in [0.4, 0.5) is 0 Å². The highest BCUT2D eigenvalue weighted by atomic mass is 14.9. The summed E-state index contributed by atoms with van der Waals surface area (Å²) in [6.45, 7) is 11.9. The molecule has 0 atom stereocenters. The highest BCUT2D eigenvalue weighted by Crippen LogP contribution is 2.32. The van der Waals surface area contributed by atoms with E-state index >= 15 is 0 Å². The van der Waals surface area contributed by atoms with Gasteiger partial charge in [0.05, 0.1) is 0 Å². The molecular weight excluding hydrogens is 158 g/mol. The van der Waals surface area contributed by atoms with Crippen molar-refractivity contribution in [2.75, 3.05) is 13.1 Å². The average molecular weight is 183 g/mol. The Morgan fingerprint density at radius 3 is 2.15 bits per heavy atom. The summed E-state index contributed by atoms with van der Waals surface area (Å²) < 4.78 is 0. The zero-order chi connectivity index (χ0) is 9.95. The molecule has 1 nitrogen and oxygen atoms in total. The molecule has 0 aromatic carbocycles. The Labute approximate surface area is 83.3 Å². The van der Waals surface area contributed by atoms with Gasteiger partial charge in [-0.05, 0) is 36.6 Å². The molecule has 1 N–H and O–H groups in total. The van der Waals surface area contributed by atoms with Gasteiger partial charge in [0.1, 0.15) is 0 Å². The van der Waals surface area contributed by atoms with Gasteiger partial charge in [0.15, 0.2) is 0 Å². The van der Waals surface area contributed by atoms with E-state index in [9.17, 15) is 0 Å². The fraction of sp³-hybridized carbons (Fsp3) is 1.00. The van der Waals surface area contributed by atoms with Crippen LogP contribution in [0, 0.1) is 10.8 Å². The average Bonchev–Trinajstić information content (AvgIpc) is 2.01. The third-order valence-corrected chi connectivity index (χ3v) is 3.29. The van der Waals surface area contributed by atoms with Crippen LogP contribution >= 0.6 is 0 Å². The summed E-state index contributed by atoms with van der Waals surface area (Å²) >= 11 is 0. The van der Waals surface area contributed by atoms with Gasteiger partial charge in [0.2, 0.25) is 0 Å². The molecule has 0 aromatic rings. The van der Waals surface area contributed by atoms with Crippen LogP contribution in [0.5, 0.6) is 0 Å². The van der Waals surface area contributed by atoms with Crippen molar-refractivity contribution < 1.29 is 0 Å². The molecule has 1 aliphatic heterocycles. The lowest BCUT2D eigenvalue weighted by Crippen LogP contribution is -2.30. The third-order valence-electron chi connectivity index (χ3n) is 3.29. The molecule has 1 fully saturated rings. The zero-order valence-corrected chi connectivity index (χ0v) is 9.74. The number of rotatable bonds is 0. The van der Waals surface area contributed by atoms with Crippen molar-refractivity contribution in [1.82, 2.24) is 5.32 Å². The standard InChI is InChI=1S/C12H25N/c1-11(2)6-5-7-12(3,4)10-13-9-8-11/h13H,5-10H2,1-4H3. The Bertz CT molecular complexity index is 141. The van der Waals surface area contributed by atoms with Gasteiger partial charge in [-0.15, -0.1) is 0 Å². The molecule has 1 heterocycles. The minimum atomic E-state index is 0.500. The van der Waals surface area contributed by atoms with Crippen molar-refractivity contribution >= 4 is 0 Å². The van der Waals surface area contributed by atoms with E-state index < -0.39 is 0 Å². The summed E-state index contributed by atoms with van der Waals surface area (Å²) in [5.74, 6) is 0. The molecule has 0 radical (unpaired) electrons. The van der Waals surface area contributed by atoms with Crippen molar-refractivity contribution in [1.29, 1.82) is 0 Å². The van der Waals surface area contributed by atoms with Gasteiger partial charge in [-0.3, -0.25) is 0 Å². The van der Waals surface area contributed by atoms with Crippen LogP contribution in [0.3, 0.4) is 0 Å². The summed E-state index contributed by atoms with van der Waals surface area (Å²) in [7, 11) is 0. The first-order chi connectivity index (χ1) is 5.91. The van der Waals surface area contributed by atoms with Crippen molar-refractivity contribution in [2.45, 2.75) is 53.4 Å². The van der Waals surface area contributed by atoms with Gasteiger partial charge in [-0.1, -0.05) is 34.1 Å². The molecule has 0 aliphatic carbocycles. The molecule has 1 aliphatic rings. The van der Waals surface area contributed by atoms with Crippen LogP contribution in [0.1, 0.15) is 53.4 Å². The van der Waals surface area contributed by atoms with Crippen molar-refractivity contribution in [2.24, 2.45) is 10.8 Å². The van der Waals surface area contributed by atoms with Crippen LogP contribution in [-0.4, -0.2) is 13.1 Å². The lowest BCUT2D eigenvalue weighted by molar-refractivity contribution is 0.282. The molecule has 0 bridgehead atoms. The minimum Gasteiger partial charge on any atom is -0.316 e. The van der Waals surface area contributed by atoms with Crippen LogP contribution in [0.2, 0.25) is 0 Å².